The van der Waals surface area contributed by atoms with E-state index in [-0.39, 0.29) is 25.9 Å². The molecule has 0 saturated carbocycles. The van der Waals surface area contributed by atoms with Gasteiger partial charge >= 0.3 is 0 Å². The zero-order chi connectivity index (χ0) is 25.1. The zero-order valence-electron chi connectivity index (χ0n) is 22.1. The molecular formula is C23H49NO7Si2. The fourth-order valence-corrected chi connectivity index (χ4v) is 10.5. The number of amides is 1. The van der Waals surface area contributed by atoms with Crippen LogP contribution in [0.1, 0.15) is 48.5 Å². The summed E-state index contributed by atoms with van der Waals surface area (Å²) < 4.78 is 31.0. The van der Waals surface area contributed by atoms with E-state index in [2.05, 4.69) is 46.9 Å². The van der Waals surface area contributed by atoms with Gasteiger partial charge in [-0.1, -0.05) is 41.5 Å². The number of carbonyl (C=O) groups is 1. The Hall–Kier alpha value is -0.336. The maximum atomic E-state index is 12.3. The molecule has 1 aliphatic rings. The van der Waals surface area contributed by atoms with E-state index in [4.69, 9.17) is 23.1 Å². The predicted molar refractivity (Wildman–Crippen MR) is 135 cm³/mol. The van der Waals surface area contributed by atoms with Crippen molar-refractivity contribution in [1.29, 1.82) is 0 Å². The fourth-order valence-electron chi connectivity index (χ4n) is 4.82. The largest absolute Gasteiger partial charge is 0.409 e. The molecule has 1 fully saturated rings. The van der Waals surface area contributed by atoms with E-state index in [0.29, 0.717) is 0 Å². The van der Waals surface area contributed by atoms with Crippen molar-refractivity contribution in [3.63, 3.8) is 0 Å². The molecule has 0 spiro atoms. The van der Waals surface area contributed by atoms with Crippen molar-refractivity contribution in [2.45, 2.75) is 115 Å². The van der Waals surface area contributed by atoms with Crippen LogP contribution in [0.4, 0.5) is 0 Å². The zero-order valence-corrected chi connectivity index (χ0v) is 24.1. The van der Waals surface area contributed by atoms with Crippen LogP contribution in [0.15, 0.2) is 0 Å². The lowest BCUT2D eigenvalue weighted by molar-refractivity contribution is -0.204. The molecule has 1 rings (SSSR count). The number of methoxy groups -OCH3 is 1. The van der Waals surface area contributed by atoms with Crippen molar-refractivity contribution in [3.8, 4) is 0 Å². The van der Waals surface area contributed by atoms with Crippen molar-refractivity contribution in [1.82, 2.24) is 5.32 Å². The highest BCUT2D eigenvalue weighted by molar-refractivity contribution is 6.74. The van der Waals surface area contributed by atoms with E-state index in [0.717, 1.165) is 36.3 Å². The quantitative estimate of drug-likeness (QED) is 0.187. The number of rotatable bonds is 16. The Balaban J connectivity index is 3.50. The third kappa shape index (κ3) is 8.10. The molecule has 0 unspecified atom stereocenters. The highest BCUT2D eigenvalue weighted by atomic mass is 28.4. The summed E-state index contributed by atoms with van der Waals surface area (Å²) in [6.07, 6.45) is -1.90. The van der Waals surface area contributed by atoms with E-state index < -0.39 is 47.1 Å². The van der Waals surface area contributed by atoms with Crippen molar-refractivity contribution in [2.75, 3.05) is 27.1 Å². The average molecular weight is 508 g/mol. The summed E-state index contributed by atoms with van der Waals surface area (Å²) >= 11 is 0. The monoisotopic (exact) mass is 507 g/mol. The summed E-state index contributed by atoms with van der Waals surface area (Å²) in [5.41, 5.74) is 0. The molecule has 33 heavy (non-hydrogen) atoms. The second kappa shape index (κ2) is 14.9. The molecule has 1 aliphatic heterocycles. The van der Waals surface area contributed by atoms with Crippen LogP contribution in [0.25, 0.3) is 0 Å². The second-order valence-electron chi connectivity index (χ2n) is 9.05. The first-order valence-corrected chi connectivity index (χ1v) is 17.8. The SMILES string of the molecule is CC[Si](CC)(CC)O[C@@H]1[C@H](NC(C)=O)[C@H](COCOC)O[C@H](CO)[C@H]1O[Si](CC)(CC)CC. The fraction of sp³-hybridized carbons (Fsp3) is 0.957. The van der Waals surface area contributed by atoms with Gasteiger partial charge in [0.25, 0.3) is 0 Å². The Labute approximate surface area is 203 Å². The first kappa shape index (κ1) is 30.7. The molecule has 196 valence electrons. The Bertz CT molecular complexity index is 544. The van der Waals surface area contributed by atoms with Crippen LogP contribution in [0.5, 0.6) is 0 Å². The number of hydrogen-bond donors (Lipinski definition) is 2. The van der Waals surface area contributed by atoms with Gasteiger partial charge in [-0.05, 0) is 36.3 Å². The lowest BCUT2D eigenvalue weighted by Crippen LogP contribution is -2.69. The van der Waals surface area contributed by atoms with Gasteiger partial charge < -0.3 is 33.5 Å². The average Bonchev–Trinajstić information content (AvgIpc) is 2.83. The summed E-state index contributed by atoms with van der Waals surface area (Å²) in [5.74, 6) is -0.156. The number of aliphatic hydroxyl groups is 1. The van der Waals surface area contributed by atoms with Crippen molar-refractivity contribution in [2.24, 2.45) is 0 Å². The first-order valence-electron chi connectivity index (χ1n) is 12.7. The molecule has 0 radical (unpaired) electrons. The molecule has 0 aromatic rings. The van der Waals surface area contributed by atoms with E-state index in [1.807, 2.05) is 0 Å². The van der Waals surface area contributed by atoms with Crippen LogP contribution >= 0.6 is 0 Å². The van der Waals surface area contributed by atoms with Gasteiger partial charge in [0, 0.05) is 14.0 Å². The Morgan fingerprint density at radius 1 is 0.879 bits per heavy atom. The summed E-state index contributed by atoms with van der Waals surface area (Å²) in [6, 6.07) is 5.41. The number of aliphatic hydroxyl groups excluding tert-OH is 1. The van der Waals surface area contributed by atoms with Gasteiger partial charge in [0.1, 0.15) is 25.1 Å². The maximum absolute atomic E-state index is 12.3. The van der Waals surface area contributed by atoms with Gasteiger partial charge in [-0.25, -0.2) is 0 Å². The standard InChI is InChI=1S/C23H49NO7Si2/c1-9-32(10-2,11-3)30-22-19(15-25)29-20(16-28-17-27-8)21(24-18(7)26)23(22)31-33(12-4,13-5)14-6/h19-23,25H,9-17H2,1-8H3,(H,24,26)/t19-,20+,21-,22-,23-/m1/s1. The molecule has 5 atom stereocenters. The minimum Gasteiger partial charge on any atom is -0.409 e. The van der Waals surface area contributed by atoms with Crippen LogP contribution in [-0.4, -0.2) is 85.2 Å². The molecule has 1 amide bonds. The molecular weight excluding hydrogens is 458 g/mol. The summed E-state index contributed by atoms with van der Waals surface area (Å²) in [5, 5.41) is 13.4. The van der Waals surface area contributed by atoms with Gasteiger partial charge in [0.05, 0.1) is 25.4 Å². The molecule has 0 aromatic heterocycles. The lowest BCUT2D eigenvalue weighted by Gasteiger charge is -2.51. The topological polar surface area (TPSA) is 95.5 Å². The van der Waals surface area contributed by atoms with Crippen LogP contribution in [-0.2, 0) is 27.9 Å². The molecule has 8 nitrogen and oxygen atoms in total. The van der Waals surface area contributed by atoms with Crippen LogP contribution < -0.4 is 5.32 Å². The third-order valence-electron chi connectivity index (χ3n) is 7.47. The summed E-state index contributed by atoms with van der Waals surface area (Å²) in [4.78, 5) is 12.3. The minimum absolute atomic E-state index is 0.122. The van der Waals surface area contributed by atoms with E-state index in [9.17, 15) is 9.90 Å². The van der Waals surface area contributed by atoms with Crippen LogP contribution in [0.2, 0.25) is 36.3 Å². The first-order chi connectivity index (χ1) is 15.7. The van der Waals surface area contributed by atoms with E-state index >= 15 is 0 Å². The Morgan fingerprint density at radius 2 is 1.36 bits per heavy atom. The van der Waals surface area contributed by atoms with E-state index in [1.165, 1.54) is 6.92 Å². The second-order valence-corrected chi connectivity index (χ2v) is 18.5. The maximum Gasteiger partial charge on any atom is 0.217 e. The molecule has 10 heteroatoms. The van der Waals surface area contributed by atoms with Gasteiger partial charge in [-0.2, -0.15) is 0 Å². The number of carbonyl (C=O) groups excluding carboxylic acids is 1. The van der Waals surface area contributed by atoms with Gasteiger partial charge in [-0.3, -0.25) is 4.79 Å². The molecule has 0 aromatic carbocycles. The van der Waals surface area contributed by atoms with Crippen LogP contribution in [0, 0.1) is 0 Å². The molecule has 2 N–H and O–H groups in total. The summed E-state index contributed by atoms with van der Waals surface area (Å²) in [7, 11) is -2.56. The van der Waals surface area contributed by atoms with Gasteiger partial charge in [0.15, 0.2) is 16.6 Å². The van der Waals surface area contributed by atoms with Crippen molar-refractivity contribution in [3.05, 3.63) is 0 Å². The molecule has 1 heterocycles. The van der Waals surface area contributed by atoms with Gasteiger partial charge in [0.2, 0.25) is 5.91 Å². The highest BCUT2D eigenvalue weighted by Crippen LogP contribution is 2.35. The smallest absolute Gasteiger partial charge is 0.217 e. The Kier molecular flexibility index (Phi) is 13.9. The predicted octanol–water partition coefficient (Wildman–Crippen LogP) is 3.65. The van der Waals surface area contributed by atoms with Crippen molar-refractivity contribution >= 4 is 22.5 Å². The number of hydrogen-bond acceptors (Lipinski definition) is 7. The van der Waals surface area contributed by atoms with Gasteiger partial charge in [-0.15, -0.1) is 0 Å². The molecule has 0 bridgehead atoms. The normalized spacial score (nSPS) is 26.4. The highest BCUT2D eigenvalue weighted by Gasteiger charge is 2.52. The van der Waals surface area contributed by atoms with E-state index in [1.54, 1.807) is 7.11 Å². The number of nitrogens with one attached hydrogen (secondary N) is 1. The lowest BCUT2D eigenvalue weighted by atomic mass is 9.93. The third-order valence-corrected chi connectivity index (χ3v) is 16.7. The summed E-state index contributed by atoms with van der Waals surface area (Å²) in [6.45, 7) is 14.8. The van der Waals surface area contributed by atoms with Crippen LogP contribution in [0.3, 0.4) is 0 Å². The number of ether oxygens (including phenoxy) is 3. The molecule has 1 saturated heterocycles. The minimum atomic E-state index is -2.07. The Morgan fingerprint density at radius 3 is 1.76 bits per heavy atom. The van der Waals surface area contributed by atoms with Crippen molar-refractivity contribution < 1.29 is 33.0 Å². The molecule has 0 aliphatic carbocycles.